The maximum atomic E-state index is 11.7. The largest absolute Gasteiger partial charge is 0.750 e. The summed E-state index contributed by atoms with van der Waals surface area (Å²) in [6, 6.07) is 15.7. The van der Waals surface area contributed by atoms with E-state index in [2.05, 4.69) is 0 Å². The number of carboxylic acids is 1. The summed E-state index contributed by atoms with van der Waals surface area (Å²) in [4.78, 5) is 10.6. The molecule has 0 saturated heterocycles. The van der Waals surface area contributed by atoms with E-state index in [1.54, 1.807) is 24.3 Å². The lowest BCUT2D eigenvalue weighted by Crippen LogP contribution is -1.99. The van der Waals surface area contributed by atoms with E-state index in [-0.39, 0.29) is 13.0 Å². The standard InChI is InChI=1S/C15H13O5P/c16-15(17)10-12-6-8-14(9-7-12)20-21(18)19-11-13-4-2-1-3-5-13/h1-9H,10-11H2/p+1. The summed E-state index contributed by atoms with van der Waals surface area (Å²) in [6.07, 6.45) is -0.0586. The Kier molecular flexibility index (Phi) is 5.43. The zero-order valence-electron chi connectivity index (χ0n) is 11.1. The Balaban J connectivity index is 1.83. The predicted molar refractivity (Wildman–Crippen MR) is 77.2 cm³/mol. The summed E-state index contributed by atoms with van der Waals surface area (Å²) in [6.45, 7) is 0.202. The van der Waals surface area contributed by atoms with Gasteiger partial charge in [-0.05, 0) is 23.3 Å². The number of carboxylic acid groups (broad SMARTS) is 1. The first-order chi connectivity index (χ1) is 10.1. The average molecular weight is 305 g/mol. The third-order valence-corrected chi connectivity index (χ3v) is 3.34. The molecule has 0 heterocycles. The zero-order valence-corrected chi connectivity index (χ0v) is 12.0. The smallest absolute Gasteiger partial charge is 0.481 e. The lowest BCUT2D eigenvalue weighted by atomic mass is 10.1. The van der Waals surface area contributed by atoms with Gasteiger partial charge in [0, 0.05) is 4.57 Å². The van der Waals surface area contributed by atoms with Gasteiger partial charge in [0.15, 0.2) is 5.75 Å². The van der Waals surface area contributed by atoms with Crippen molar-refractivity contribution >= 4 is 14.2 Å². The Morgan fingerprint density at radius 2 is 1.67 bits per heavy atom. The summed E-state index contributed by atoms with van der Waals surface area (Å²) in [7, 11) is -2.27. The van der Waals surface area contributed by atoms with E-state index in [1.807, 2.05) is 30.3 Å². The minimum absolute atomic E-state index is 0.0586. The fraction of sp³-hybridized carbons (Fsp3) is 0.133. The van der Waals surface area contributed by atoms with Gasteiger partial charge >= 0.3 is 14.2 Å². The molecule has 0 aliphatic rings. The van der Waals surface area contributed by atoms with Crippen molar-refractivity contribution in [1.82, 2.24) is 0 Å². The third-order valence-electron chi connectivity index (χ3n) is 2.64. The number of aliphatic carboxylic acids is 1. The van der Waals surface area contributed by atoms with E-state index in [4.69, 9.17) is 14.2 Å². The quantitative estimate of drug-likeness (QED) is 0.792. The van der Waals surface area contributed by atoms with Crippen molar-refractivity contribution in [2.45, 2.75) is 13.0 Å². The van der Waals surface area contributed by atoms with Gasteiger partial charge in [0.2, 0.25) is 0 Å². The SMILES string of the molecule is O=C(O)Cc1ccc(O[P+](=O)OCc2ccccc2)cc1. The van der Waals surface area contributed by atoms with Gasteiger partial charge in [0.1, 0.15) is 6.61 Å². The zero-order chi connectivity index (χ0) is 15.1. The van der Waals surface area contributed by atoms with Crippen LogP contribution in [0.5, 0.6) is 5.75 Å². The van der Waals surface area contributed by atoms with E-state index in [0.29, 0.717) is 11.3 Å². The van der Waals surface area contributed by atoms with Gasteiger partial charge in [-0.2, -0.15) is 0 Å². The average Bonchev–Trinajstić information content (AvgIpc) is 2.48. The maximum absolute atomic E-state index is 11.7. The van der Waals surface area contributed by atoms with Crippen molar-refractivity contribution in [3.05, 3.63) is 65.7 Å². The molecule has 1 N–H and O–H groups in total. The first-order valence-corrected chi connectivity index (χ1v) is 7.36. The molecular formula is C15H14O5P+. The molecule has 1 unspecified atom stereocenters. The van der Waals surface area contributed by atoms with Crippen LogP contribution >= 0.6 is 8.25 Å². The van der Waals surface area contributed by atoms with E-state index in [9.17, 15) is 9.36 Å². The first-order valence-electron chi connectivity index (χ1n) is 6.26. The van der Waals surface area contributed by atoms with Crippen LogP contribution in [0.4, 0.5) is 0 Å². The second-order valence-corrected chi connectivity index (χ2v) is 5.18. The highest BCUT2D eigenvalue weighted by molar-refractivity contribution is 7.33. The van der Waals surface area contributed by atoms with Crippen LogP contribution in [0.25, 0.3) is 0 Å². The first kappa shape index (κ1) is 15.2. The monoisotopic (exact) mass is 305 g/mol. The van der Waals surface area contributed by atoms with Crippen molar-refractivity contribution in [1.29, 1.82) is 0 Å². The molecule has 2 aromatic carbocycles. The number of rotatable bonds is 7. The molecule has 1 atom stereocenters. The van der Waals surface area contributed by atoms with Crippen LogP contribution in [0.1, 0.15) is 11.1 Å². The molecule has 0 radical (unpaired) electrons. The van der Waals surface area contributed by atoms with Crippen molar-refractivity contribution in [2.75, 3.05) is 0 Å². The highest BCUT2D eigenvalue weighted by Crippen LogP contribution is 2.29. The van der Waals surface area contributed by atoms with Crippen LogP contribution in [0, 0.1) is 0 Å². The topological polar surface area (TPSA) is 72.8 Å². The van der Waals surface area contributed by atoms with Gasteiger partial charge in [-0.15, -0.1) is 4.52 Å². The molecule has 0 spiro atoms. The summed E-state index contributed by atoms with van der Waals surface area (Å²) < 4.78 is 21.9. The Bertz CT molecular complexity index is 610. The Hall–Kier alpha value is -2.23. The van der Waals surface area contributed by atoms with Crippen LogP contribution in [0.15, 0.2) is 54.6 Å². The fourth-order valence-corrected chi connectivity index (χ4v) is 2.26. The Morgan fingerprint density at radius 3 is 2.29 bits per heavy atom. The summed E-state index contributed by atoms with van der Waals surface area (Å²) in [5.41, 5.74) is 1.55. The van der Waals surface area contributed by atoms with Crippen molar-refractivity contribution in [3.63, 3.8) is 0 Å². The van der Waals surface area contributed by atoms with E-state index in [1.165, 1.54) is 0 Å². The van der Waals surface area contributed by atoms with E-state index in [0.717, 1.165) is 5.56 Å². The molecule has 2 rings (SSSR count). The molecule has 0 fully saturated rings. The molecule has 5 nitrogen and oxygen atoms in total. The molecule has 0 bridgehead atoms. The van der Waals surface area contributed by atoms with Crippen molar-refractivity contribution in [3.8, 4) is 5.75 Å². The van der Waals surface area contributed by atoms with Crippen LogP contribution < -0.4 is 4.52 Å². The van der Waals surface area contributed by atoms with Crippen molar-refractivity contribution < 1.29 is 23.5 Å². The van der Waals surface area contributed by atoms with Crippen molar-refractivity contribution in [2.24, 2.45) is 0 Å². The van der Waals surface area contributed by atoms with Crippen LogP contribution in [-0.2, 0) is 26.9 Å². The highest BCUT2D eigenvalue weighted by atomic mass is 31.1. The molecule has 21 heavy (non-hydrogen) atoms. The normalized spacial score (nSPS) is 11.0. The molecule has 0 aliphatic heterocycles. The molecule has 0 aromatic heterocycles. The summed E-state index contributed by atoms with van der Waals surface area (Å²) in [5, 5.41) is 8.66. The molecule has 108 valence electrons. The minimum atomic E-state index is -2.27. The number of benzene rings is 2. The second-order valence-electron chi connectivity index (χ2n) is 4.29. The second kappa shape index (κ2) is 7.53. The van der Waals surface area contributed by atoms with Gasteiger partial charge in [-0.3, -0.25) is 4.79 Å². The van der Waals surface area contributed by atoms with E-state index < -0.39 is 14.2 Å². The van der Waals surface area contributed by atoms with E-state index >= 15 is 0 Å². The molecule has 2 aromatic rings. The van der Waals surface area contributed by atoms with Crippen LogP contribution in [0.2, 0.25) is 0 Å². The molecule has 0 amide bonds. The third kappa shape index (κ3) is 5.34. The lowest BCUT2D eigenvalue weighted by Gasteiger charge is -1.97. The van der Waals surface area contributed by atoms with Gasteiger partial charge in [-0.1, -0.05) is 42.5 Å². The number of carbonyl (C=O) groups is 1. The number of hydrogen-bond acceptors (Lipinski definition) is 4. The minimum Gasteiger partial charge on any atom is -0.481 e. The molecule has 6 heteroatoms. The van der Waals surface area contributed by atoms with Gasteiger partial charge in [0.05, 0.1) is 6.42 Å². The Morgan fingerprint density at radius 1 is 1.00 bits per heavy atom. The van der Waals surface area contributed by atoms with Gasteiger partial charge < -0.3 is 5.11 Å². The molecular weight excluding hydrogens is 291 g/mol. The lowest BCUT2D eigenvalue weighted by molar-refractivity contribution is -0.136. The fourth-order valence-electron chi connectivity index (χ4n) is 1.66. The van der Waals surface area contributed by atoms with Crippen LogP contribution in [-0.4, -0.2) is 11.1 Å². The van der Waals surface area contributed by atoms with Gasteiger partial charge in [0.25, 0.3) is 0 Å². The molecule has 0 saturated carbocycles. The summed E-state index contributed by atoms with van der Waals surface area (Å²) >= 11 is 0. The molecule has 0 aliphatic carbocycles. The predicted octanol–water partition coefficient (Wildman–Crippen LogP) is 3.57. The summed E-state index contributed by atoms with van der Waals surface area (Å²) in [5.74, 6) is -0.528. The highest BCUT2D eigenvalue weighted by Gasteiger charge is 2.22. The van der Waals surface area contributed by atoms with Gasteiger partial charge in [-0.25, -0.2) is 4.52 Å². The Labute approximate surface area is 123 Å². The number of hydrogen-bond donors (Lipinski definition) is 1. The van der Waals surface area contributed by atoms with Crippen LogP contribution in [0.3, 0.4) is 0 Å². The maximum Gasteiger partial charge on any atom is 0.750 e.